The van der Waals surface area contributed by atoms with Gasteiger partial charge in [0, 0.05) is 0 Å². The van der Waals surface area contributed by atoms with Crippen molar-refractivity contribution in [2.75, 3.05) is 0 Å². The molecule has 1 heteroatoms. The summed E-state index contributed by atoms with van der Waals surface area (Å²) in [7, 11) is 0. The normalized spacial score (nSPS) is 7.50. The molecule has 0 spiro atoms. The molecule has 0 aliphatic carbocycles. The molecule has 0 amide bonds. The summed E-state index contributed by atoms with van der Waals surface area (Å²) in [6.45, 7) is 6.56. The van der Waals surface area contributed by atoms with Crippen molar-refractivity contribution in [1.29, 1.82) is 0 Å². The fourth-order valence-corrected chi connectivity index (χ4v) is 0.471. The van der Waals surface area contributed by atoms with Crippen LogP contribution in [-0.4, -0.2) is 0 Å². The van der Waals surface area contributed by atoms with Crippen LogP contribution in [-0.2, 0) is 21.1 Å². The molecule has 0 saturated heterocycles. The zero-order valence-electron chi connectivity index (χ0n) is 6.27. The molecule has 0 aromatic carbocycles. The van der Waals surface area contributed by atoms with Crippen LogP contribution in [0.4, 0.5) is 0 Å². The summed E-state index contributed by atoms with van der Waals surface area (Å²) in [6.07, 6.45) is 3.50. The number of hydrogen-bond acceptors (Lipinski definition) is 0. The Morgan fingerprint density at radius 2 is 1.75 bits per heavy atom. The predicted molar refractivity (Wildman–Crippen MR) is 35.8 cm³/mol. The van der Waals surface area contributed by atoms with Crippen LogP contribution in [0.3, 0.4) is 0 Å². The summed E-state index contributed by atoms with van der Waals surface area (Å²) in [5.41, 5.74) is 0. The first-order chi connectivity index (χ1) is 2.77. The minimum Gasteiger partial charge on any atom is -0.358 e. The van der Waals surface area contributed by atoms with Gasteiger partial charge >= 0.3 is 21.1 Å². The minimum absolute atomic E-state index is 0. The second-order valence-corrected chi connectivity index (χ2v) is 1.89. The summed E-state index contributed by atoms with van der Waals surface area (Å²) in [4.78, 5) is 0. The molecule has 0 unspecified atom stereocenters. The Morgan fingerprint density at radius 1 is 1.38 bits per heavy atom. The molecular formula is C7H16W. The smallest absolute Gasteiger partial charge is 0.358 e. The quantitative estimate of drug-likeness (QED) is 0.684. The number of rotatable bonds is 2. The van der Waals surface area contributed by atoms with E-state index in [2.05, 4.69) is 27.2 Å². The van der Waals surface area contributed by atoms with Crippen molar-refractivity contribution in [3.63, 3.8) is 0 Å². The SMILES string of the molecule is CC[CH-]C(C)C.[CH3-].[W+2]. The molecule has 8 heavy (non-hydrogen) atoms. The van der Waals surface area contributed by atoms with E-state index >= 15 is 0 Å². The van der Waals surface area contributed by atoms with E-state index < -0.39 is 0 Å². The van der Waals surface area contributed by atoms with Crippen molar-refractivity contribution in [3.05, 3.63) is 13.8 Å². The molecule has 0 radical (unpaired) electrons. The first-order valence-corrected chi connectivity index (χ1v) is 2.60. The largest absolute Gasteiger partial charge is 2.00 e. The molecule has 0 aliphatic rings. The van der Waals surface area contributed by atoms with Crippen molar-refractivity contribution in [1.82, 2.24) is 0 Å². The Hall–Kier alpha value is 0.688. The second kappa shape index (κ2) is 10.6. The standard InChI is InChI=1S/C6H13.CH3.W/c1-4-5-6(2)3;;/h5-6H,4H2,1-3H3;1H3;/q2*-1;+2. The molecule has 0 rings (SSSR count). The van der Waals surface area contributed by atoms with Crippen molar-refractivity contribution >= 4 is 0 Å². The van der Waals surface area contributed by atoms with Gasteiger partial charge in [-0.15, -0.1) is 0 Å². The summed E-state index contributed by atoms with van der Waals surface area (Å²) in [5.74, 6) is 0.773. The zero-order chi connectivity index (χ0) is 4.99. The molecule has 50 valence electrons. The van der Waals surface area contributed by atoms with Crippen LogP contribution in [0.15, 0.2) is 0 Å². The summed E-state index contributed by atoms with van der Waals surface area (Å²) in [5, 5.41) is 0. The van der Waals surface area contributed by atoms with Gasteiger partial charge in [-0.05, 0) is 0 Å². The molecule has 0 nitrogen and oxygen atoms in total. The first kappa shape index (κ1) is 15.9. The van der Waals surface area contributed by atoms with Crippen molar-refractivity contribution in [2.45, 2.75) is 27.2 Å². The number of hydrogen-bond donors (Lipinski definition) is 0. The van der Waals surface area contributed by atoms with E-state index in [0.717, 1.165) is 5.92 Å². The Bertz CT molecular complexity index is 25.6. The maximum absolute atomic E-state index is 2.29. The van der Waals surface area contributed by atoms with Gasteiger partial charge in [0.1, 0.15) is 0 Å². The van der Waals surface area contributed by atoms with Gasteiger partial charge in [0.15, 0.2) is 0 Å². The average molecular weight is 284 g/mol. The molecule has 0 atom stereocenters. The average Bonchev–Trinajstić information content (AvgIpc) is 1.35. The van der Waals surface area contributed by atoms with Crippen molar-refractivity contribution in [2.24, 2.45) is 5.92 Å². The maximum atomic E-state index is 2.29. The fraction of sp³-hybridized carbons (Fsp3) is 0.714. The molecule has 0 bridgehead atoms. The Morgan fingerprint density at radius 3 is 1.75 bits per heavy atom. The third-order valence-electron chi connectivity index (χ3n) is 0.707. The summed E-state index contributed by atoms with van der Waals surface area (Å²) in [6, 6.07) is 0. The fourth-order valence-electron chi connectivity index (χ4n) is 0.471. The van der Waals surface area contributed by atoms with Crippen molar-refractivity contribution < 1.29 is 21.1 Å². The Labute approximate surface area is 68.3 Å². The van der Waals surface area contributed by atoms with E-state index in [9.17, 15) is 0 Å². The molecule has 0 aromatic heterocycles. The van der Waals surface area contributed by atoms with Crippen LogP contribution in [0.1, 0.15) is 27.2 Å². The maximum Gasteiger partial charge on any atom is 2.00 e. The van der Waals surface area contributed by atoms with Gasteiger partial charge in [-0.3, -0.25) is 0 Å². The zero-order valence-corrected chi connectivity index (χ0v) is 9.20. The molecule has 0 aromatic rings. The molecule has 0 fully saturated rings. The van der Waals surface area contributed by atoms with Gasteiger partial charge in [0.05, 0.1) is 0 Å². The monoisotopic (exact) mass is 284 g/mol. The van der Waals surface area contributed by atoms with E-state index in [-0.39, 0.29) is 28.5 Å². The summed E-state index contributed by atoms with van der Waals surface area (Å²) >= 11 is 0. The van der Waals surface area contributed by atoms with Crippen LogP contribution in [0.5, 0.6) is 0 Å². The van der Waals surface area contributed by atoms with Gasteiger partial charge < -0.3 is 13.8 Å². The van der Waals surface area contributed by atoms with E-state index in [1.54, 1.807) is 0 Å². The van der Waals surface area contributed by atoms with Gasteiger partial charge in [-0.2, -0.15) is 12.3 Å². The second-order valence-electron chi connectivity index (χ2n) is 1.89. The van der Waals surface area contributed by atoms with Gasteiger partial charge in [0.2, 0.25) is 0 Å². The Balaban J connectivity index is -0.000000125. The van der Waals surface area contributed by atoms with Crippen LogP contribution in [0, 0.1) is 19.8 Å². The summed E-state index contributed by atoms with van der Waals surface area (Å²) < 4.78 is 0. The topological polar surface area (TPSA) is 0 Å². The molecular weight excluding hydrogens is 268 g/mol. The van der Waals surface area contributed by atoms with E-state index in [4.69, 9.17) is 0 Å². The van der Waals surface area contributed by atoms with E-state index in [0.29, 0.717) is 0 Å². The minimum atomic E-state index is 0. The van der Waals surface area contributed by atoms with Crippen LogP contribution in [0.2, 0.25) is 0 Å². The van der Waals surface area contributed by atoms with Gasteiger partial charge in [0.25, 0.3) is 0 Å². The molecule has 0 N–H and O–H groups in total. The van der Waals surface area contributed by atoms with Crippen molar-refractivity contribution in [3.8, 4) is 0 Å². The predicted octanol–water partition coefficient (Wildman–Crippen LogP) is 2.70. The third kappa shape index (κ3) is 15.9. The van der Waals surface area contributed by atoms with Crippen LogP contribution >= 0.6 is 0 Å². The van der Waals surface area contributed by atoms with Crippen LogP contribution in [0.25, 0.3) is 0 Å². The van der Waals surface area contributed by atoms with E-state index in [1.807, 2.05) is 0 Å². The Kier molecular flexibility index (Phi) is 21.1. The van der Waals surface area contributed by atoms with E-state index in [1.165, 1.54) is 6.42 Å². The van der Waals surface area contributed by atoms with Gasteiger partial charge in [-0.25, -0.2) is 0 Å². The first-order valence-electron chi connectivity index (χ1n) is 2.60. The van der Waals surface area contributed by atoms with Gasteiger partial charge in [-0.1, -0.05) is 20.8 Å². The molecule has 0 saturated carbocycles. The third-order valence-corrected chi connectivity index (χ3v) is 0.707. The molecule has 0 aliphatic heterocycles. The molecule has 0 heterocycles. The van der Waals surface area contributed by atoms with Crippen LogP contribution < -0.4 is 0 Å².